The number of esters is 1. The molecule has 1 aliphatic heterocycles. The van der Waals surface area contributed by atoms with Crippen LogP contribution in [0.25, 0.3) is 0 Å². The molecule has 1 saturated heterocycles. The van der Waals surface area contributed by atoms with Gasteiger partial charge in [0.1, 0.15) is 0 Å². The first-order valence-electron chi connectivity index (χ1n) is 8.99. The van der Waals surface area contributed by atoms with Crippen molar-refractivity contribution >= 4 is 17.9 Å². The van der Waals surface area contributed by atoms with Crippen LogP contribution in [0.1, 0.15) is 31.7 Å². The Balaban J connectivity index is 1.73. The number of ether oxygens (including phenoxy) is 1. The van der Waals surface area contributed by atoms with Gasteiger partial charge in [0.15, 0.2) is 5.67 Å². The number of carbonyl (C=O) groups excluding carboxylic acids is 3. The first-order chi connectivity index (χ1) is 12.9. The third-order valence-electron chi connectivity index (χ3n) is 4.36. The van der Waals surface area contributed by atoms with Crippen molar-refractivity contribution in [3.05, 3.63) is 30.1 Å². The summed E-state index contributed by atoms with van der Waals surface area (Å²) in [4.78, 5) is 40.8. The lowest BCUT2D eigenvalue weighted by Gasteiger charge is -2.35. The minimum atomic E-state index is -1.99. The topological polar surface area (TPSA) is 101 Å². The van der Waals surface area contributed by atoms with Crippen LogP contribution in [0.15, 0.2) is 24.5 Å². The Morgan fingerprint density at radius 2 is 1.89 bits per heavy atom. The second-order valence-electron chi connectivity index (χ2n) is 6.28. The molecule has 0 radical (unpaired) electrons. The van der Waals surface area contributed by atoms with Crippen LogP contribution in [0.5, 0.6) is 0 Å². The minimum absolute atomic E-state index is 0.0690. The van der Waals surface area contributed by atoms with Crippen molar-refractivity contribution in [3.8, 4) is 0 Å². The van der Waals surface area contributed by atoms with E-state index in [9.17, 15) is 18.8 Å². The lowest BCUT2D eigenvalue weighted by atomic mass is 9.92. The van der Waals surface area contributed by atoms with Gasteiger partial charge < -0.3 is 20.3 Å². The van der Waals surface area contributed by atoms with Crippen LogP contribution in [0.3, 0.4) is 0 Å². The molecule has 1 fully saturated rings. The fourth-order valence-corrected chi connectivity index (χ4v) is 2.75. The first kappa shape index (κ1) is 20.6. The van der Waals surface area contributed by atoms with Crippen LogP contribution in [0, 0.1) is 0 Å². The summed E-state index contributed by atoms with van der Waals surface area (Å²) in [6.45, 7) is 2.64. The molecule has 2 N–H and O–H groups in total. The van der Waals surface area contributed by atoms with Crippen molar-refractivity contribution < 1.29 is 23.5 Å². The van der Waals surface area contributed by atoms with E-state index in [2.05, 4.69) is 15.6 Å². The van der Waals surface area contributed by atoms with Crippen LogP contribution in [-0.4, -0.2) is 59.7 Å². The van der Waals surface area contributed by atoms with Crippen molar-refractivity contribution in [2.75, 3.05) is 26.2 Å². The van der Waals surface area contributed by atoms with E-state index in [4.69, 9.17) is 4.74 Å². The molecule has 3 amide bonds. The van der Waals surface area contributed by atoms with Crippen LogP contribution in [-0.2, 0) is 20.9 Å². The summed E-state index contributed by atoms with van der Waals surface area (Å²) >= 11 is 0. The third kappa shape index (κ3) is 6.19. The molecule has 0 aromatic carbocycles. The van der Waals surface area contributed by atoms with E-state index < -0.39 is 11.6 Å². The van der Waals surface area contributed by atoms with E-state index in [1.54, 1.807) is 31.5 Å². The van der Waals surface area contributed by atoms with E-state index in [0.29, 0.717) is 6.61 Å². The zero-order valence-corrected chi connectivity index (χ0v) is 15.4. The quantitative estimate of drug-likeness (QED) is 0.692. The van der Waals surface area contributed by atoms with E-state index in [1.807, 2.05) is 0 Å². The number of aromatic nitrogens is 1. The van der Waals surface area contributed by atoms with Gasteiger partial charge in [-0.1, -0.05) is 0 Å². The number of urea groups is 1. The Labute approximate surface area is 157 Å². The number of halogens is 1. The highest BCUT2D eigenvalue weighted by Gasteiger charge is 2.42. The zero-order valence-electron chi connectivity index (χ0n) is 15.4. The molecule has 1 aromatic rings. The molecule has 0 spiro atoms. The standard InChI is InChI=1S/C18H25FN4O4/c1-2-27-15(24)5-10-21-17(26)23-11-6-18(19,7-12-23)16(25)22-13-14-3-8-20-9-4-14/h3-4,8-9H,2,5-7,10-13H2,1H3,(H,21,26)(H,22,25). The van der Waals surface area contributed by atoms with Gasteiger partial charge in [0.25, 0.3) is 5.91 Å². The first-order valence-corrected chi connectivity index (χ1v) is 8.99. The smallest absolute Gasteiger partial charge is 0.317 e. The number of hydrogen-bond acceptors (Lipinski definition) is 5. The Morgan fingerprint density at radius 3 is 2.52 bits per heavy atom. The second-order valence-corrected chi connectivity index (χ2v) is 6.28. The van der Waals surface area contributed by atoms with Gasteiger partial charge in [0, 0.05) is 51.4 Å². The molecule has 1 aliphatic rings. The molecule has 2 heterocycles. The molecular formula is C18H25FN4O4. The van der Waals surface area contributed by atoms with Gasteiger partial charge in [-0.2, -0.15) is 0 Å². The minimum Gasteiger partial charge on any atom is -0.466 e. The Morgan fingerprint density at radius 1 is 1.22 bits per heavy atom. The SMILES string of the molecule is CCOC(=O)CCNC(=O)N1CCC(F)(C(=O)NCc2ccncc2)CC1. The maximum atomic E-state index is 14.9. The van der Waals surface area contributed by atoms with E-state index >= 15 is 0 Å². The Hall–Kier alpha value is -2.71. The number of nitrogens with one attached hydrogen (secondary N) is 2. The van der Waals surface area contributed by atoms with Crippen LogP contribution in [0.4, 0.5) is 9.18 Å². The molecule has 9 heteroatoms. The fraction of sp³-hybridized carbons (Fsp3) is 0.556. The van der Waals surface area contributed by atoms with Gasteiger partial charge in [0.05, 0.1) is 13.0 Å². The summed E-state index contributed by atoms with van der Waals surface area (Å²) in [6.07, 6.45) is 3.15. The molecule has 0 aliphatic carbocycles. The van der Waals surface area contributed by atoms with E-state index in [-0.39, 0.29) is 57.4 Å². The lowest BCUT2D eigenvalue weighted by Crippen LogP contribution is -2.53. The number of rotatable bonds is 7. The zero-order chi connectivity index (χ0) is 19.7. The number of nitrogens with zero attached hydrogens (tertiary/aromatic N) is 2. The number of carbonyl (C=O) groups is 3. The maximum Gasteiger partial charge on any atom is 0.317 e. The highest BCUT2D eigenvalue weighted by atomic mass is 19.1. The summed E-state index contributed by atoms with van der Waals surface area (Å²) in [6, 6.07) is 3.11. The highest BCUT2D eigenvalue weighted by molar-refractivity contribution is 5.85. The van der Waals surface area contributed by atoms with Crippen molar-refractivity contribution in [2.24, 2.45) is 0 Å². The molecular weight excluding hydrogens is 355 g/mol. The van der Waals surface area contributed by atoms with Crippen LogP contribution in [0.2, 0.25) is 0 Å². The van der Waals surface area contributed by atoms with Gasteiger partial charge in [-0.15, -0.1) is 0 Å². The fourth-order valence-electron chi connectivity index (χ4n) is 2.75. The van der Waals surface area contributed by atoms with Crippen molar-refractivity contribution in [1.82, 2.24) is 20.5 Å². The lowest BCUT2D eigenvalue weighted by molar-refractivity contribution is -0.143. The molecule has 2 rings (SSSR count). The van der Waals surface area contributed by atoms with Gasteiger partial charge in [-0.25, -0.2) is 9.18 Å². The summed E-state index contributed by atoms with van der Waals surface area (Å²) in [7, 11) is 0. The predicted octanol–water partition coefficient (Wildman–Crippen LogP) is 1.16. The number of pyridine rings is 1. The van der Waals surface area contributed by atoms with Crippen LogP contribution >= 0.6 is 0 Å². The average Bonchev–Trinajstić information content (AvgIpc) is 2.67. The second kappa shape index (κ2) is 9.84. The molecule has 1 aromatic heterocycles. The summed E-state index contributed by atoms with van der Waals surface area (Å²) in [5, 5.41) is 5.20. The Kier molecular flexibility index (Phi) is 7.51. The number of piperidine rings is 1. The Bertz CT molecular complexity index is 648. The summed E-state index contributed by atoms with van der Waals surface area (Å²) in [5.41, 5.74) is -1.16. The summed E-state index contributed by atoms with van der Waals surface area (Å²) in [5.74, 6) is -1.05. The van der Waals surface area contributed by atoms with E-state index in [0.717, 1.165) is 5.56 Å². The van der Waals surface area contributed by atoms with Crippen LogP contribution < -0.4 is 10.6 Å². The molecule has 27 heavy (non-hydrogen) atoms. The van der Waals surface area contributed by atoms with Crippen molar-refractivity contribution in [3.63, 3.8) is 0 Å². The predicted molar refractivity (Wildman–Crippen MR) is 95.4 cm³/mol. The van der Waals surface area contributed by atoms with Gasteiger partial charge in [0.2, 0.25) is 0 Å². The molecule has 0 bridgehead atoms. The average molecular weight is 380 g/mol. The molecule has 8 nitrogen and oxygen atoms in total. The molecule has 0 atom stereocenters. The molecule has 148 valence electrons. The number of alkyl halides is 1. The van der Waals surface area contributed by atoms with Crippen molar-refractivity contribution in [2.45, 2.75) is 38.4 Å². The molecule has 0 unspecified atom stereocenters. The van der Waals surface area contributed by atoms with Gasteiger partial charge in [-0.3, -0.25) is 14.6 Å². The summed E-state index contributed by atoms with van der Waals surface area (Å²) < 4.78 is 19.7. The molecule has 0 saturated carbocycles. The van der Waals surface area contributed by atoms with Gasteiger partial charge >= 0.3 is 12.0 Å². The number of hydrogen-bond donors (Lipinski definition) is 2. The van der Waals surface area contributed by atoms with Crippen molar-refractivity contribution in [1.29, 1.82) is 0 Å². The monoisotopic (exact) mass is 380 g/mol. The normalized spacial score (nSPS) is 15.7. The largest absolute Gasteiger partial charge is 0.466 e. The number of amides is 3. The third-order valence-corrected chi connectivity index (χ3v) is 4.36. The highest BCUT2D eigenvalue weighted by Crippen LogP contribution is 2.27. The number of likely N-dealkylation sites (tertiary alicyclic amines) is 1. The maximum absolute atomic E-state index is 14.9. The van der Waals surface area contributed by atoms with E-state index in [1.165, 1.54) is 4.90 Å². The van der Waals surface area contributed by atoms with Gasteiger partial charge in [-0.05, 0) is 24.6 Å².